The minimum absolute atomic E-state index is 0.179. The molecular weight excluding hydrogens is 767 g/mol. The zero-order chi connectivity index (χ0) is 44.9. The van der Waals surface area contributed by atoms with Crippen molar-refractivity contribution in [3.05, 3.63) is 72.9 Å². The molecule has 0 amide bonds. The highest BCUT2D eigenvalue weighted by Gasteiger charge is 2.25. The molecule has 0 aliphatic carbocycles. The van der Waals surface area contributed by atoms with Crippen LogP contribution < -0.4 is 0 Å². The molecule has 0 fully saturated rings. The molecule has 0 aromatic rings. The van der Waals surface area contributed by atoms with Crippen molar-refractivity contribution in [2.45, 2.75) is 193 Å². The average molecular weight is 857 g/mol. The Morgan fingerprint density at radius 2 is 0.934 bits per heavy atom. The van der Waals surface area contributed by atoms with Crippen LogP contribution in [0.3, 0.4) is 0 Å². The number of carbonyl (C=O) groups excluding carboxylic acids is 2. The first-order chi connectivity index (χ1) is 29.6. The molecule has 0 bridgehead atoms. The van der Waals surface area contributed by atoms with Crippen molar-refractivity contribution in [2.75, 3.05) is 47.5 Å². The second kappa shape index (κ2) is 43.4. The number of ether oxygens (including phenoxy) is 4. The van der Waals surface area contributed by atoms with E-state index in [0.29, 0.717) is 17.4 Å². The van der Waals surface area contributed by atoms with Crippen molar-refractivity contribution in [3.8, 4) is 0 Å². The minimum atomic E-state index is -1.52. The molecule has 9 heteroatoms. The van der Waals surface area contributed by atoms with E-state index in [0.717, 1.165) is 103 Å². The third-order valence-electron chi connectivity index (χ3n) is 9.95. The third kappa shape index (κ3) is 44.6. The Morgan fingerprint density at radius 1 is 0.508 bits per heavy atom. The second-order valence-electron chi connectivity index (χ2n) is 17.0. The van der Waals surface area contributed by atoms with Crippen LogP contribution in [-0.4, -0.2) is 87.4 Å². The summed E-state index contributed by atoms with van der Waals surface area (Å²) in [7, 11) is 5.94. The quantitative estimate of drug-likeness (QED) is 0.0212. The molecule has 9 nitrogen and oxygen atoms in total. The van der Waals surface area contributed by atoms with Crippen LogP contribution in [0.5, 0.6) is 0 Å². The number of carboxylic acid groups (broad SMARTS) is 1. The largest absolute Gasteiger partial charge is 0.477 e. The van der Waals surface area contributed by atoms with Crippen LogP contribution in [0.25, 0.3) is 0 Å². The standard InChI is InChI=1S/C52H89NO8/c1-6-8-10-12-14-16-18-20-22-24-25-27-29-31-33-35-37-39-41-43-50(55)61-48(47-60-52(51(56)57)58-45-44-53(3,4)5)46-59-49(54)42-40-38-36-34-32-30-28-26-23-21-19-17-15-13-11-9-7-2/h9,11,14-17,20-23,25,27,48,52H,6-8,10,12-13,18-19,24,26,28-47H2,1-5H3/p+1/b11-9-,16-14-,17-15-,22-20-,23-21-,27-25-. The topological polar surface area (TPSA) is 108 Å². The molecule has 350 valence electrons. The zero-order valence-electron chi connectivity index (χ0n) is 39.5. The van der Waals surface area contributed by atoms with E-state index in [4.69, 9.17) is 18.9 Å². The van der Waals surface area contributed by atoms with Gasteiger partial charge in [-0.2, -0.15) is 0 Å². The summed E-state index contributed by atoms with van der Waals surface area (Å²) in [5, 5.41) is 9.65. The van der Waals surface area contributed by atoms with Gasteiger partial charge >= 0.3 is 17.9 Å². The van der Waals surface area contributed by atoms with Gasteiger partial charge in [-0.25, -0.2) is 4.79 Å². The highest BCUT2D eigenvalue weighted by Crippen LogP contribution is 2.13. The Bertz CT molecular complexity index is 1230. The van der Waals surface area contributed by atoms with E-state index in [2.05, 4.69) is 86.8 Å². The van der Waals surface area contributed by atoms with Crippen molar-refractivity contribution >= 4 is 17.9 Å². The normalized spacial score (nSPS) is 13.5. The maximum Gasteiger partial charge on any atom is 0.361 e. The Hall–Kier alpha value is -3.27. The van der Waals surface area contributed by atoms with Crippen LogP contribution in [0.2, 0.25) is 0 Å². The van der Waals surface area contributed by atoms with E-state index >= 15 is 0 Å². The molecule has 0 rings (SSSR count). The van der Waals surface area contributed by atoms with Crippen LogP contribution in [0, 0.1) is 0 Å². The lowest BCUT2D eigenvalue weighted by Gasteiger charge is -2.25. The molecule has 2 atom stereocenters. The molecule has 0 aliphatic rings. The van der Waals surface area contributed by atoms with Gasteiger partial charge in [0.25, 0.3) is 6.29 Å². The molecular formula is C52H90NO8+. The monoisotopic (exact) mass is 857 g/mol. The molecule has 0 aromatic heterocycles. The number of carbonyl (C=O) groups is 3. The first kappa shape index (κ1) is 57.7. The minimum Gasteiger partial charge on any atom is -0.477 e. The lowest BCUT2D eigenvalue weighted by Crippen LogP contribution is -2.40. The molecule has 0 heterocycles. The van der Waals surface area contributed by atoms with E-state index < -0.39 is 24.3 Å². The molecule has 1 N–H and O–H groups in total. The smallest absolute Gasteiger partial charge is 0.361 e. The number of likely N-dealkylation sites (N-methyl/N-ethyl adjacent to an activating group) is 1. The number of esters is 2. The van der Waals surface area contributed by atoms with Crippen LogP contribution >= 0.6 is 0 Å². The molecule has 0 spiro atoms. The van der Waals surface area contributed by atoms with Crippen LogP contribution in [0.1, 0.15) is 181 Å². The first-order valence-corrected chi connectivity index (χ1v) is 24.1. The van der Waals surface area contributed by atoms with Crippen molar-refractivity contribution in [3.63, 3.8) is 0 Å². The van der Waals surface area contributed by atoms with Crippen molar-refractivity contribution in [1.82, 2.24) is 0 Å². The van der Waals surface area contributed by atoms with Crippen molar-refractivity contribution < 1.29 is 42.9 Å². The van der Waals surface area contributed by atoms with Gasteiger partial charge in [0.15, 0.2) is 6.10 Å². The number of rotatable bonds is 43. The van der Waals surface area contributed by atoms with Crippen LogP contribution in [-0.2, 0) is 33.3 Å². The highest BCUT2D eigenvalue weighted by molar-refractivity contribution is 5.71. The summed E-state index contributed by atoms with van der Waals surface area (Å²) in [6.45, 7) is 4.69. The second-order valence-corrected chi connectivity index (χ2v) is 17.0. The molecule has 0 saturated heterocycles. The van der Waals surface area contributed by atoms with E-state index in [1.165, 1.54) is 44.9 Å². The van der Waals surface area contributed by atoms with Gasteiger partial charge in [0.1, 0.15) is 13.2 Å². The first-order valence-electron chi connectivity index (χ1n) is 24.1. The number of quaternary nitrogens is 1. The number of hydrogen-bond acceptors (Lipinski definition) is 7. The van der Waals surface area contributed by atoms with E-state index in [1.807, 2.05) is 21.1 Å². The Morgan fingerprint density at radius 3 is 1.39 bits per heavy atom. The number of unbranched alkanes of at least 4 members (excludes halogenated alkanes) is 16. The van der Waals surface area contributed by atoms with E-state index in [9.17, 15) is 19.5 Å². The fourth-order valence-electron chi connectivity index (χ4n) is 6.21. The number of nitrogens with zero attached hydrogens (tertiary/aromatic N) is 1. The van der Waals surface area contributed by atoms with Gasteiger partial charge in [0.05, 0.1) is 34.4 Å². The summed E-state index contributed by atoms with van der Waals surface area (Å²) in [5.41, 5.74) is 0. The molecule has 0 radical (unpaired) electrons. The summed E-state index contributed by atoms with van der Waals surface area (Å²) >= 11 is 0. The molecule has 2 unspecified atom stereocenters. The fourth-order valence-corrected chi connectivity index (χ4v) is 6.21. The number of carboxylic acids is 1. The van der Waals surface area contributed by atoms with Gasteiger partial charge in [-0.15, -0.1) is 0 Å². The predicted molar refractivity (Wildman–Crippen MR) is 253 cm³/mol. The maximum absolute atomic E-state index is 12.8. The van der Waals surface area contributed by atoms with E-state index in [-0.39, 0.29) is 38.6 Å². The van der Waals surface area contributed by atoms with Gasteiger partial charge in [-0.05, 0) is 83.5 Å². The Balaban J connectivity index is 4.44. The molecule has 0 aromatic carbocycles. The van der Waals surface area contributed by atoms with Gasteiger partial charge in [-0.3, -0.25) is 9.59 Å². The predicted octanol–water partition coefficient (Wildman–Crippen LogP) is 13.1. The number of allylic oxidation sites excluding steroid dienone is 12. The fraction of sp³-hybridized carbons (Fsp3) is 0.712. The highest BCUT2D eigenvalue weighted by atomic mass is 16.7. The van der Waals surface area contributed by atoms with Gasteiger partial charge in [0, 0.05) is 12.8 Å². The van der Waals surface area contributed by atoms with E-state index in [1.54, 1.807) is 0 Å². The van der Waals surface area contributed by atoms with Crippen LogP contribution in [0.15, 0.2) is 72.9 Å². The summed E-state index contributed by atoms with van der Waals surface area (Å²) < 4.78 is 22.8. The number of hydrogen-bond donors (Lipinski definition) is 1. The Kier molecular flexibility index (Phi) is 41.1. The molecule has 0 aliphatic heterocycles. The summed E-state index contributed by atoms with van der Waals surface area (Å²) in [6, 6.07) is 0. The van der Waals surface area contributed by atoms with Crippen molar-refractivity contribution in [1.29, 1.82) is 0 Å². The van der Waals surface area contributed by atoms with Gasteiger partial charge in [0.2, 0.25) is 0 Å². The molecule has 61 heavy (non-hydrogen) atoms. The summed E-state index contributed by atoms with van der Waals surface area (Å²) in [5.74, 6) is -2.04. The van der Waals surface area contributed by atoms with Crippen molar-refractivity contribution in [2.24, 2.45) is 0 Å². The SMILES string of the molecule is CC/C=C\C/C=C\C/C=C\CCCCCCCCCC(=O)OCC(COC(OCC[N+](C)(C)C)C(=O)O)OC(=O)CCCCCCCC/C=C\C/C=C\C/C=C\CCCCC. The molecule has 0 saturated carbocycles. The summed E-state index contributed by atoms with van der Waals surface area (Å²) in [4.78, 5) is 37.2. The summed E-state index contributed by atoms with van der Waals surface area (Å²) in [6.07, 6.45) is 51.0. The third-order valence-corrected chi connectivity index (χ3v) is 9.95. The number of aliphatic carboxylic acids is 1. The van der Waals surface area contributed by atoms with Crippen LogP contribution in [0.4, 0.5) is 0 Å². The zero-order valence-corrected chi connectivity index (χ0v) is 39.5. The van der Waals surface area contributed by atoms with Gasteiger partial charge < -0.3 is 28.5 Å². The average Bonchev–Trinajstić information content (AvgIpc) is 3.22. The Labute approximate surface area is 373 Å². The lowest BCUT2D eigenvalue weighted by molar-refractivity contribution is -0.870. The van der Waals surface area contributed by atoms with Gasteiger partial charge in [-0.1, -0.05) is 157 Å². The lowest BCUT2D eigenvalue weighted by atomic mass is 10.1. The maximum atomic E-state index is 12.8.